The summed E-state index contributed by atoms with van der Waals surface area (Å²) < 4.78 is 9.73. The summed E-state index contributed by atoms with van der Waals surface area (Å²) >= 11 is 1.41. The summed E-state index contributed by atoms with van der Waals surface area (Å²) in [5.41, 5.74) is 3.18. The van der Waals surface area contributed by atoms with Gasteiger partial charge in [-0.05, 0) is 48.6 Å². The largest absolute Gasteiger partial charge is 0.468 e. The number of carbonyl (C=O) groups is 1. The van der Waals surface area contributed by atoms with Crippen molar-refractivity contribution in [2.45, 2.75) is 53.0 Å². The fourth-order valence-corrected chi connectivity index (χ4v) is 3.03. The summed E-state index contributed by atoms with van der Waals surface area (Å²) in [6.07, 6.45) is 3.57. The van der Waals surface area contributed by atoms with Crippen molar-refractivity contribution in [3.63, 3.8) is 0 Å². The van der Waals surface area contributed by atoms with Crippen molar-refractivity contribution in [3.8, 4) is 0 Å². The Bertz CT molecular complexity index is 889. The summed E-state index contributed by atoms with van der Waals surface area (Å²) in [5.74, 6) is 1.52. The second-order valence-electron chi connectivity index (χ2n) is 6.98. The first-order valence-electron chi connectivity index (χ1n) is 10.2. The highest BCUT2D eigenvalue weighted by atomic mass is 32.2. The lowest BCUT2D eigenvalue weighted by molar-refractivity contribution is -0.139. The van der Waals surface area contributed by atoms with Crippen molar-refractivity contribution in [1.29, 1.82) is 0 Å². The third-order valence-electron chi connectivity index (χ3n) is 3.64. The van der Waals surface area contributed by atoms with Gasteiger partial charge in [-0.3, -0.25) is 9.78 Å². The molecule has 3 aromatic rings. The number of esters is 1. The van der Waals surface area contributed by atoms with Gasteiger partial charge in [-0.15, -0.1) is 0 Å². The highest BCUT2D eigenvalue weighted by molar-refractivity contribution is 7.97. The lowest BCUT2D eigenvalue weighted by Crippen LogP contribution is -2.17. The van der Waals surface area contributed by atoms with Gasteiger partial charge in [0.05, 0.1) is 18.8 Å². The van der Waals surface area contributed by atoms with E-state index in [0.717, 1.165) is 34.2 Å². The Balaban J connectivity index is 0.000000673. The Morgan fingerprint density at radius 1 is 1.17 bits per heavy atom. The van der Waals surface area contributed by atoms with E-state index < -0.39 is 0 Å². The first-order valence-corrected chi connectivity index (χ1v) is 11.0. The highest BCUT2D eigenvalue weighted by Crippen LogP contribution is 2.19. The van der Waals surface area contributed by atoms with E-state index in [2.05, 4.69) is 56.9 Å². The molecule has 0 aliphatic rings. The van der Waals surface area contributed by atoms with Crippen LogP contribution in [-0.2, 0) is 16.1 Å². The first kappa shape index (κ1) is 25.7. The molecule has 0 atom stereocenters. The number of nitrogens with zero attached hydrogens (tertiary/aromatic N) is 3. The maximum Gasteiger partial charge on any atom is 0.320 e. The van der Waals surface area contributed by atoms with Gasteiger partial charge in [0.1, 0.15) is 17.9 Å². The van der Waals surface area contributed by atoms with Gasteiger partial charge in [-0.25, -0.2) is 9.71 Å². The number of pyridine rings is 1. The molecule has 0 radical (unpaired) electrons. The summed E-state index contributed by atoms with van der Waals surface area (Å²) in [5, 5.41) is 0. The fraction of sp³-hybridized carbons (Fsp3) is 0.435. The van der Waals surface area contributed by atoms with Crippen molar-refractivity contribution >= 4 is 29.0 Å². The Morgan fingerprint density at radius 2 is 1.80 bits per heavy atom. The Morgan fingerprint density at radius 3 is 2.40 bits per heavy atom. The quantitative estimate of drug-likeness (QED) is 0.426. The fourth-order valence-electron chi connectivity index (χ4n) is 2.40. The molecular formula is C23H34N4O2S. The molecule has 0 bridgehead atoms. The minimum Gasteiger partial charge on any atom is -0.468 e. The molecule has 0 saturated heterocycles. The average molecular weight is 431 g/mol. The van der Waals surface area contributed by atoms with E-state index in [1.165, 1.54) is 24.6 Å². The number of hydrogen-bond donors (Lipinski definition) is 1. The second kappa shape index (κ2) is 13.8. The molecule has 30 heavy (non-hydrogen) atoms. The van der Waals surface area contributed by atoms with Gasteiger partial charge in [0.25, 0.3) is 0 Å². The lowest BCUT2D eigenvalue weighted by atomic mass is 10.2. The van der Waals surface area contributed by atoms with Crippen molar-refractivity contribution in [1.82, 2.24) is 19.3 Å². The van der Waals surface area contributed by atoms with Crippen molar-refractivity contribution in [3.05, 3.63) is 54.1 Å². The molecule has 3 rings (SSSR count). The van der Waals surface area contributed by atoms with Crippen molar-refractivity contribution in [2.24, 2.45) is 5.92 Å². The van der Waals surface area contributed by atoms with Crippen LogP contribution < -0.4 is 4.72 Å². The predicted molar refractivity (Wildman–Crippen MR) is 126 cm³/mol. The summed E-state index contributed by atoms with van der Waals surface area (Å²) in [6.45, 7) is 13.4. The first-order chi connectivity index (χ1) is 14.4. The zero-order valence-corrected chi connectivity index (χ0v) is 19.9. The van der Waals surface area contributed by atoms with E-state index in [0.29, 0.717) is 0 Å². The molecule has 0 amide bonds. The van der Waals surface area contributed by atoms with E-state index in [4.69, 9.17) is 0 Å². The topological polar surface area (TPSA) is 69.0 Å². The molecule has 0 spiro atoms. The highest BCUT2D eigenvalue weighted by Gasteiger charge is 2.07. The van der Waals surface area contributed by atoms with Gasteiger partial charge in [-0.2, -0.15) is 0 Å². The molecule has 0 fully saturated rings. The third kappa shape index (κ3) is 8.55. The Kier molecular flexibility index (Phi) is 11.8. The molecule has 6 nitrogen and oxygen atoms in total. The molecule has 0 aliphatic carbocycles. The van der Waals surface area contributed by atoms with Gasteiger partial charge in [0.15, 0.2) is 0 Å². The number of nitrogens with one attached hydrogen (secondary N) is 1. The number of imidazole rings is 1. The number of carbonyl (C=O) groups excluding carboxylic acids is 1. The third-order valence-corrected chi connectivity index (χ3v) is 4.44. The monoisotopic (exact) mass is 430 g/mol. The van der Waals surface area contributed by atoms with Gasteiger partial charge >= 0.3 is 5.97 Å². The van der Waals surface area contributed by atoms with Crippen LogP contribution in [0, 0.1) is 12.8 Å². The van der Waals surface area contributed by atoms with Crippen molar-refractivity contribution < 1.29 is 9.53 Å². The molecule has 164 valence electrons. The van der Waals surface area contributed by atoms with E-state index in [9.17, 15) is 4.79 Å². The number of methoxy groups -OCH3 is 1. The second-order valence-corrected chi connectivity index (χ2v) is 7.95. The SMILES string of the molecule is CC.CC(C)C.COC(=O)CNSc1ccc(Cn2c(C)nc3cnccc32)cc1. The van der Waals surface area contributed by atoms with E-state index >= 15 is 0 Å². The van der Waals surface area contributed by atoms with Gasteiger partial charge < -0.3 is 9.30 Å². The van der Waals surface area contributed by atoms with Crippen LogP contribution in [0.1, 0.15) is 46.0 Å². The summed E-state index contributed by atoms with van der Waals surface area (Å²) in [7, 11) is 1.38. The minimum atomic E-state index is -0.281. The van der Waals surface area contributed by atoms with Gasteiger partial charge in [0.2, 0.25) is 0 Å². The van der Waals surface area contributed by atoms with Crippen LogP contribution in [0.25, 0.3) is 11.0 Å². The lowest BCUT2D eigenvalue weighted by Gasteiger charge is -2.08. The minimum absolute atomic E-state index is 0.178. The summed E-state index contributed by atoms with van der Waals surface area (Å²) in [4.78, 5) is 20.8. The molecule has 1 N–H and O–H groups in total. The molecule has 7 heteroatoms. The number of aryl methyl sites for hydroxylation is 1. The predicted octanol–water partition coefficient (Wildman–Crippen LogP) is 5.25. The van der Waals surface area contributed by atoms with Crippen LogP contribution in [-0.4, -0.2) is 34.2 Å². The molecular weight excluding hydrogens is 396 g/mol. The molecule has 2 aromatic heterocycles. The van der Waals surface area contributed by atoms with E-state index in [1.807, 2.05) is 39.0 Å². The summed E-state index contributed by atoms with van der Waals surface area (Å²) in [6, 6.07) is 10.2. The van der Waals surface area contributed by atoms with Crippen LogP contribution in [0.15, 0.2) is 47.6 Å². The number of fused-ring (bicyclic) bond motifs is 1. The van der Waals surface area contributed by atoms with Crippen LogP contribution >= 0.6 is 11.9 Å². The van der Waals surface area contributed by atoms with Crippen LogP contribution in [0.2, 0.25) is 0 Å². The maximum atomic E-state index is 11.1. The number of aromatic nitrogens is 3. The molecule has 1 aromatic carbocycles. The number of hydrogen-bond acceptors (Lipinski definition) is 6. The normalized spacial score (nSPS) is 10.1. The van der Waals surface area contributed by atoms with E-state index in [1.54, 1.807) is 12.4 Å². The molecule has 0 saturated carbocycles. The number of ether oxygens (including phenoxy) is 1. The zero-order valence-electron chi connectivity index (χ0n) is 19.1. The maximum absolute atomic E-state index is 11.1. The zero-order chi connectivity index (χ0) is 22.5. The van der Waals surface area contributed by atoms with Gasteiger partial charge in [-0.1, -0.05) is 46.8 Å². The van der Waals surface area contributed by atoms with Crippen LogP contribution in [0.4, 0.5) is 0 Å². The number of rotatable bonds is 6. The van der Waals surface area contributed by atoms with E-state index in [-0.39, 0.29) is 12.5 Å². The molecule has 0 aliphatic heterocycles. The van der Waals surface area contributed by atoms with Crippen LogP contribution in [0.3, 0.4) is 0 Å². The van der Waals surface area contributed by atoms with Gasteiger partial charge in [0, 0.05) is 17.6 Å². The average Bonchev–Trinajstić information content (AvgIpc) is 3.05. The van der Waals surface area contributed by atoms with Crippen LogP contribution in [0.5, 0.6) is 0 Å². The Labute approximate surface area is 184 Å². The molecule has 2 heterocycles. The Hall–Kier alpha value is -2.38. The smallest absolute Gasteiger partial charge is 0.320 e. The number of benzene rings is 1. The standard InChI is InChI=1S/C17H18N4O2S.C4H10.C2H6/c1-12-20-15-9-18-8-7-16(15)21(12)11-13-3-5-14(6-4-13)24-19-10-17(22)23-2;1-4(2)3;1-2/h3-9,19H,10-11H2,1-2H3;4H,1-3H3;1-2H3. The van der Waals surface area contributed by atoms with Crippen molar-refractivity contribution in [2.75, 3.05) is 13.7 Å². The molecule has 0 unspecified atom stereocenters.